The molecule has 6 nitrogen and oxygen atoms in total. The van der Waals surface area contributed by atoms with E-state index in [1.807, 2.05) is 43.3 Å². The van der Waals surface area contributed by atoms with Crippen LogP contribution in [0.1, 0.15) is 24.0 Å². The van der Waals surface area contributed by atoms with Crippen molar-refractivity contribution >= 4 is 27.7 Å². The minimum Gasteiger partial charge on any atom is -0.378 e. The second-order valence-electron chi connectivity index (χ2n) is 7.55. The number of amides is 1. The first kappa shape index (κ1) is 21.1. The molecule has 1 fully saturated rings. The van der Waals surface area contributed by atoms with Gasteiger partial charge >= 0.3 is 0 Å². The Morgan fingerprint density at radius 1 is 1.03 bits per heavy atom. The first-order chi connectivity index (χ1) is 13.7. The number of likely N-dealkylation sites (N-methyl/N-ethyl adjacent to an activating group) is 1. The van der Waals surface area contributed by atoms with E-state index in [9.17, 15) is 13.2 Å². The van der Waals surface area contributed by atoms with Crippen molar-refractivity contribution in [3.05, 3.63) is 65.7 Å². The monoisotopic (exact) mass is 413 g/mol. The van der Waals surface area contributed by atoms with Gasteiger partial charge in [0.1, 0.15) is 0 Å². The maximum atomic E-state index is 12.4. The third-order valence-corrected chi connectivity index (χ3v) is 6.29. The smallest absolute Gasteiger partial charge is 0.246 e. The topological polar surface area (TPSA) is 69.7 Å². The Labute approximate surface area is 172 Å². The molecule has 1 N–H and O–H groups in total. The van der Waals surface area contributed by atoms with Crippen LogP contribution in [-0.2, 0) is 21.4 Å². The van der Waals surface area contributed by atoms with Gasteiger partial charge in [0.2, 0.25) is 15.9 Å². The van der Waals surface area contributed by atoms with Gasteiger partial charge in [-0.1, -0.05) is 24.3 Å². The van der Waals surface area contributed by atoms with Crippen LogP contribution in [-0.4, -0.2) is 46.4 Å². The minimum atomic E-state index is -3.45. The van der Waals surface area contributed by atoms with E-state index < -0.39 is 10.0 Å². The fourth-order valence-electron chi connectivity index (χ4n) is 2.79. The van der Waals surface area contributed by atoms with Crippen molar-refractivity contribution in [1.29, 1.82) is 0 Å². The normalized spacial score (nSPS) is 14.2. The Kier molecular flexibility index (Phi) is 6.39. The van der Waals surface area contributed by atoms with Crippen LogP contribution in [0.4, 0.5) is 5.69 Å². The molecule has 1 saturated carbocycles. The summed E-state index contributed by atoms with van der Waals surface area (Å²) in [6, 6.07) is 14.7. The van der Waals surface area contributed by atoms with Gasteiger partial charge in [0.05, 0.1) is 4.90 Å². The average Bonchev–Trinajstić information content (AvgIpc) is 3.50. The molecule has 0 heterocycles. The van der Waals surface area contributed by atoms with Crippen LogP contribution in [0.15, 0.2) is 59.5 Å². The van der Waals surface area contributed by atoms with Crippen molar-refractivity contribution in [1.82, 2.24) is 9.62 Å². The van der Waals surface area contributed by atoms with Gasteiger partial charge in [-0.05, 0) is 54.3 Å². The zero-order chi connectivity index (χ0) is 21.0. The molecule has 0 aromatic heterocycles. The third kappa shape index (κ3) is 5.92. The fourth-order valence-corrected chi connectivity index (χ4v) is 4.10. The second-order valence-corrected chi connectivity index (χ2v) is 9.27. The number of anilines is 1. The summed E-state index contributed by atoms with van der Waals surface area (Å²) in [6.45, 7) is 0.515. The summed E-state index contributed by atoms with van der Waals surface area (Å²) >= 11 is 0. The van der Waals surface area contributed by atoms with Crippen molar-refractivity contribution in [2.75, 3.05) is 26.0 Å². The van der Waals surface area contributed by atoms with Crippen molar-refractivity contribution in [2.24, 2.45) is 0 Å². The quantitative estimate of drug-likeness (QED) is 0.676. The summed E-state index contributed by atoms with van der Waals surface area (Å²) < 4.78 is 27.0. The zero-order valence-electron chi connectivity index (χ0n) is 17.0. The van der Waals surface area contributed by atoms with Crippen LogP contribution in [0.3, 0.4) is 0 Å². The molecule has 2 aromatic rings. The molecule has 2 aromatic carbocycles. The first-order valence-electron chi connectivity index (χ1n) is 9.56. The maximum absolute atomic E-state index is 12.4. The minimum absolute atomic E-state index is 0.0758. The highest BCUT2D eigenvalue weighted by Crippen LogP contribution is 2.22. The first-order valence-corrected chi connectivity index (χ1v) is 11.0. The molecule has 0 saturated heterocycles. The summed E-state index contributed by atoms with van der Waals surface area (Å²) in [5.74, 6) is -0.117. The molecular formula is C22H27N3O3S. The molecule has 1 aliphatic rings. The Hall–Kier alpha value is -2.64. The van der Waals surface area contributed by atoms with Gasteiger partial charge in [0.15, 0.2) is 0 Å². The largest absolute Gasteiger partial charge is 0.378 e. The summed E-state index contributed by atoms with van der Waals surface area (Å²) in [7, 11) is 2.28. The Morgan fingerprint density at radius 2 is 1.66 bits per heavy atom. The standard InChI is InChI=1S/C22H27N3O3S/c1-24(2)20-11-4-18(5-12-20)16-25(3)22(26)15-8-17-6-13-21(14-7-17)29(27,28)23-19-9-10-19/h4-8,11-15,19,23H,9-10,16H2,1-3H3/b15-8+. The van der Waals surface area contributed by atoms with Gasteiger partial charge in [-0.25, -0.2) is 13.1 Å². The SMILES string of the molecule is CN(Cc1ccc(N(C)C)cc1)C(=O)/C=C/c1ccc(S(=O)(=O)NC2CC2)cc1. The molecule has 0 unspecified atom stereocenters. The van der Waals surface area contributed by atoms with Gasteiger partial charge in [-0.2, -0.15) is 0 Å². The average molecular weight is 414 g/mol. The lowest BCUT2D eigenvalue weighted by Gasteiger charge is -2.17. The van der Waals surface area contributed by atoms with Gasteiger partial charge in [0, 0.05) is 45.5 Å². The lowest BCUT2D eigenvalue weighted by atomic mass is 10.2. The van der Waals surface area contributed by atoms with Crippen LogP contribution < -0.4 is 9.62 Å². The number of nitrogens with zero attached hydrogens (tertiary/aromatic N) is 2. The Balaban J connectivity index is 1.57. The Bertz CT molecular complexity index is 977. The summed E-state index contributed by atoms with van der Waals surface area (Å²) in [5, 5.41) is 0. The fraction of sp³-hybridized carbons (Fsp3) is 0.318. The highest BCUT2D eigenvalue weighted by Gasteiger charge is 2.27. The highest BCUT2D eigenvalue weighted by molar-refractivity contribution is 7.89. The molecule has 1 amide bonds. The van der Waals surface area contributed by atoms with E-state index >= 15 is 0 Å². The molecule has 0 atom stereocenters. The number of hydrogen-bond acceptors (Lipinski definition) is 4. The van der Waals surface area contributed by atoms with Crippen molar-refractivity contribution in [3.63, 3.8) is 0 Å². The predicted octanol–water partition coefficient (Wildman–Crippen LogP) is 2.87. The number of carbonyl (C=O) groups excluding carboxylic acids is 1. The second kappa shape index (κ2) is 8.80. The van der Waals surface area contributed by atoms with Crippen molar-refractivity contribution in [3.8, 4) is 0 Å². The summed E-state index contributed by atoms with van der Waals surface area (Å²) in [5.41, 5.74) is 2.94. The van der Waals surface area contributed by atoms with Crippen LogP contribution in [0.5, 0.6) is 0 Å². The van der Waals surface area contributed by atoms with Gasteiger partial charge < -0.3 is 9.80 Å². The lowest BCUT2D eigenvalue weighted by molar-refractivity contribution is -0.125. The number of hydrogen-bond donors (Lipinski definition) is 1. The van der Waals surface area contributed by atoms with E-state index in [-0.39, 0.29) is 16.8 Å². The number of rotatable bonds is 8. The molecule has 0 radical (unpaired) electrons. The highest BCUT2D eigenvalue weighted by atomic mass is 32.2. The van der Waals surface area contributed by atoms with Crippen molar-refractivity contribution < 1.29 is 13.2 Å². The van der Waals surface area contributed by atoms with E-state index in [2.05, 4.69) is 4.72 Å². The van der Waals surface area contributed by atoms with E-state index in [1.54, 1.807) is 42.3 Å². The van der Waals surface area contributed by atoms with Gasteiger partial charge in [-0.15, -0.1) is 0 Å². The number of benzene rings is 2. The van der Waals surface area contributed by atoms with Crippen LogP contribution in [0.2, 0.25) is 0 Å². The molecule has 154 valence electrons. The van der Waals surface area contributed by atoms with E-state index in [0.29, 0.717) is 6.54 Å². The number of nitrogens with one attached hydrogen (secondary N) is 1. The van der Waals surface area contributed by atoms with E-state index in [1.165, 1.54) is 6.08 Å². The molecule has 0 bridgehead atoms. The van der Waals surface area contributed by atoms with Gasteiger partial charge in [-0.3, -0.25) is 4.79 Å². The van der Waals surface area contributed by atoms with Crippen LogP contribution in [0, 0.1) is 0 Å². The molecular weight excluding hydrogens is 386 g/mol. The van der Waals surface area contributed by atoms with Crippen LogP contribution in [0.25, 0.3) is 6.08 Å². The number of sulfonamides is 1. The Morgan fingerprint density at radius 3 is 2.21 bits per heavy atom. The van der Waals surface area contributed by atoms with E-state index in [4.69, 9.17) is 0 Å². The molecule has 1 aliphatic carbocycles. The van der Waals surface area contributed by atoms with Crippen molar-refractivity contribution in [2.45, 2.75) is 30.3 Å². The van der Waals surface area contributed by atoms with Crippen LogP contribution >= 0.6 is 0 Å². The molecule has 3 rings (SSSR count). The predicted molar refractivity (Wildman–Crippen MR) is 116 cm³/mol. The molecule has 0 aliphatic heterocycles. The lowest BCUT2D eigenvalue weighted by Crippen LogP contribution is -2.25. The molecule has 0 spiro atoms. The number of carbonyl (C=O) groups is 1. The summed E-state index contributed by atoms with van der Waals surface area (Å²) in [4.78, 5) is 16.3. The molecule has 7 heteroatoms. The molecule has 29 heavy (non-hydrogen) atoms. The maximum Gasteiger partial charge on any atom is 0.246 e. The van der Waals surface area contributed by atoms with Gasteiger partial charge in [0.25, 0.3) is 0 Å². The summed E-state index contributed by atoms with van der Waals surface area (Å²) in [6.07, 6.45) is 4.99. The zero-order valence-corrected chi connectivity index (χ0v) is 17.8. The third-order valence-electron chi connectivity index (χ3n) is 4.76. The van der Waals surface area contributed by atoms with E-state index in [0.717, 1.165) is 29.7 Å².